The number of methoxy groups -OCH3 is 1. The van der Waals surface area contributed by atoms with E-state index in [0.717, 1.165) is 0 Å². The van der Waals surface area contributed by atoms with Crippen molar-refractivity contribution in [3.8, 4) is 0 Å². The van der Waals surface area contributed by atoms with Crippen molar-refractivity contribution < 1.29 is 25.2 Å². The number of nitrogens with one attached hydrogen (secondary N) is 1. The lowest BCUT2D eigenvalue weighted by atomic mass is 9.77. The van der Waals surface area contributed by atoms with Gasteiger partial charge in [-0.2, -0.15) is 0 Å². The molecule has 0 heterocycles. The third-order valence-electron chi connectivity index (χ3n) is 3.10. The van der Waals surface area contributed by atoms with Crippen LogP contribution in [0.5, 0.6) is 0 Å². The molecule has 0 aromatic rings. The number of aliphatic hydroxyl groups is 4. The van der Waals surface area contributed by atoms with Gasteiger partial charge in [-0.05, 0) is 7.05 Å². The number of likely N-dealkylation sites (N-methyl/N-ethyl adjacent to an activating group) is 1. The molecule has 0 radical (unpaired) electrons. The van der Waals surface area contributed by atoms with Gasteiger partial charge in [0.1, 0.15) is 12.2 Å². The minimum atomic E-state index is -1.12. The van der Waals surface area contributed by atoms with Crippen molar-refractivity contribution in [2.75, 3.05) is 20.8 Å². The molecular weight excluding hydrogens is 202 g/mol. The van der Waals surface area contributed by atoms with E-state index in [1.165, 1.54) is 7.11 Å². The van der Waals surface area contributed by atoms with Crippen LogP contribution in [0.15, 0.2) is 0 Å². The van der Waals surface area contributed by atoms with E-state index in [9.17, 15) is 15.3 Å². The van der Waals surface area contributed by atoms with Gasteiger partial charge in [-0.3, -0.25) is 0 Å². The van der Waals surface area contributed by atoms with E-state index in [-0.39, 0.29) is 6.61 Å². The highest BCUT2D eigenvalue weighted by Gasteiger charge is 2.48. The summed E-state index contributed by atoms with van der Waals surface area (Å²) in [5, 5.41) is 41.1. The Balaban J connectivity index is 2.87. The summed E-state index contributed by atoms with van der Waals surface area (Å²) in [5.41, 5.74) is 0. The van der Waals surface area contributed by atoms with Crippen molar-refractivity contribution in [2.24, 2.45) is 5.92 Å². The Labute approximate surface area is 88.5 Å². The normalized spacial score (nSPS) is 46.8. The zero-order valence-electron chi connectivity index (χ0n) is 8.87. The maximum absolute atomic E-state index is 9.84. The first-order chi connectivity index (χ1) is 7.08. The topological polar surface area (TPSA) is 102 Å². The van der Waals surface area contributed by atoms with Crippen LogP contribution in [0.25, 0.3) is 0 Å². The first-order valence-corrected chi connectivity index (χ1v) is 4.93. The molecule has 90 valence electrons. The van der Waals surface area contributed by atoms with Gasteiger partial charge in [0.25, 0.3) is 0 Å². The van der Waals surface area contributed by atoms with Crippen LogP contribution in [0.2, 0.25) is 0 Å². The smallest absolute Gasteiger partial charge is 0.108 e. The Hall–Kier alpha value is -0.240. The van der Waals surface area contributed by atoms with Gasteiger partial charge in [0, 0.05) is 13.0 Å². The lowest BCUT2D eigenvalue weighted by Crippen LogP contribution is -2.65. The standard InChI is InChI=1S/C9H19NO5/c1-10-5-6(12)4(3-11)9(15-2)8(14)7(5)13/h4-14H,3H2,1-2H3. The summed E-state index contributed by atoms with van der Waals surface area (Å²) >= 11 is 0. The van der Waals surface area contributed by atoms with E-state index in [2.05, 4.69) is 5.32 Å². The number of rotatable bonds is 3. The number of hydrogen-bond donors (Lipinski definition) is 5. The summed E-state index contributed by atoms with van der Waals surface area (Å²) in [6.07, 6.45) is -3.95. The Morgan fingerprint density at radius 3 is 2.13 bits per heavy atom. The maximum atomic E-state index is 9.84. The van der Waals surface area contributed by atoms with Gasteiger partial charge >= 0.3 is 0 Å². The molecule has 0 bridgehead atoms. The summed E-state index contributed by atoms with van der Waals surface area (Å²) in [6.45, 7) is -0.304. The molecule has 1 rings (SSSR count). The molecule has 6 nitrogen and oxygen atoms in total. The van der Waals surface area contributed by atoms with E-state index in [1.54, 1.807) is 7.05 Å². The lowest BCUT2D eigenvalue weighted by Gasteiger charge is -2.44. The van der Waals surface area contributed by atoms with Crippen LogP contribution in [0.4, 0.5) is 0 Å². The summed E-state index contributed by atoms with van der Waals surface area (Å²) in [6, 6.07) is -0.663. The first kappa shape index (κ1) is 12.8. The molecule has 1 aliphatic rings. The van der Waals surface area contributed by atoms with Crippen molar-refractivity contribution in [3.63, 3.8) is 0 Å². The van der Waals surface area contributed by atoms with Crippen molar-refractivity contribution >= 4 is 0 Å². The Morgan fingerprint density at radius 1 is 1.13 bits per heavy atom. The zero-order valence-corrected chi connectivity index (χ0v) is 8.87. The largest absolute Gasteiger partial charge is 0.396 e. The summed E-state index contributed by atoms with van der Waals surface area (Å²) < 4.78 is 4.98. The van der Waals surface area contributed by atoms with Crippen LogP contribution in [0, 0.1) is 5.92 Å². The van der Waals surface area contributed by atoms with Crippen LogP contribution < -0.4 is 5.32 Å². The predicted octanol–water partition coefficient (Wildman–Crippen LogP) is -2.71. The van der Waals surface area contributed by atoms with Gasteiger partial charge in [0.05, 0.1) is 24.9 Å². The monoisotopic (exact) mass is 221 g/mol. The second kappa shape index (κ2) is 5.20. The average molecular weight is 221 g/mol. The second-order valence-corrected chi connectivity index (χ2v) is 3.83. The molecule has 0 aromatic heterocycles. The van der Waals surface area contributed by atoms with Gasteiger partial charge in [-0.1, -0.05) is 0 Å². The van der Waals surface area contributed by atoms with Gasteiger partial charge in [-0.15, -0.1) is 0 Å². The average Bonchev–Trinajstić information content (AvgIpc) is 2.23. The van der Waals surface area contributed by atoms with Gasteiger partial charge in [-0.25, -0.2) is 0 Å². The molecule has 1 aliphatic carbocycles. The Bertz CT molecular complexity index is 203. The fraction of sp³-hybridized carbons (Fsp3) is 1.00. The van der Waals surface area contributed by atoms with Crippen LogP contribution in [-0.2, 0) is 4.74 Å². The van der Waals surface area contributed by atoms with E-state index < -0.39 is 36.4 Å². The highest BCUT2D eigenvalue weighted by Crippen LogP contribution is 2.27. The predicted molar refractivity (Wildman–Crippen MR) is 52.2 cm³/mol. The van der Waals surface area contributed by atoms with Crippen molar-refractivity contribution in [2.45, 2.75) is 30.5 Å². The van der Waals surface area contributed by atoms with Crippen molar-refractivity contribution in [1.29, 1.82) is 0 Å². The highest BCUT2D eigenvalue weighted by molar-refractivity contribution is 5.01. The highest BCUT2D eigenvalue weighted by atomic mass is 16.5. The molecule has 0 amide bonds. The minimum Gasteiger partial charge on any atom is -0.396 e. The molecule has 6 heteroatoms. The molecule has 0 aromatic carbocycles. The third-order valence-corrected chi connectivity index (χ3v) is 3.10. The van der Waals surface area contributed by atoms with E-state index in [4.69, 9.17) is 9.84 Å². The van der Waals surface area contributed by atoms with E-state index in [1.807, 2.05) is 0 Å². The lowest BCUT2D eigenvalue weighted by molar-refractivity contribution is -0.181. The summed E-state index contributed by atoms with van der Waals surface area (Å²) in [7, 11) is 2.95. The maximum Gasteiger partial charge on any atom is 0.108 e. The molecule has 1 saturated carbocycles. The number of hydrogen-bond acceptors (Lipinski definition) is 6. The van der Waals surface area contributed by atoms with Crippen molar-refractivity contribution in [1.82, 2.24) is 5.32 Å². The van der Waals surface area contributed by atoms with Crippen LogP contribution in [0.1, 0.15) is 0 Å². The quantitative estimate of drug-likeness (QED) is 0.355. The Kier molecular flexibility index (Phi) is 4.45. The van der Waals surface area contributed by atoms with Crippen LogP contribution in [-0.4, -0.2) is 71.6 Å². The molecule has 6 atom stereocenters. The molecule has 6 unspecified atom stereocenters. The second-order valence-electron chi connectivity index (χ2n) is 3.83. The zero-order chi connectivity index (χ0) is 11.6. The third kappa shape index (κ3) is 2.15. The van der Waals surface area contributed by atoms with Gasteiger partial charge in [0.15, 0.2) is 0 Å². The summed E-state index contributed by atoms with van der Waals surface area (Å²) in [5.74, 6) is -0.606. The van der Waals surface area contributed by atoms with E-state index in [0.29, 0.717) is 0 Å². The molecule has 0 spiro atoms. The molecule has 5 N–H and O–H groups in total. The molecule has 15 heavy (non-hydrogen) atoms. The molecule has 1 fully saturated rings. The van der Waals surface area contributed by atoms with Gasteiger partial charge in [0.2, 0.25) is 0 Å². The number of ether oxygens (including phenoxy) is 1. The SMILES string of the molecule is CNC1C(O)C(O)C(OC)C(CO)C1O. The summed E-state index contributed by atoms with van der Waals surface area (Å²) in [4.78, 5) is 0. The molecular formula is C9H19NO5. The van der Waals surface area contributed by atoms with Crippen LogP contribution in [0.3, 0.4) is 0 Å². The molecule has 0 saturated heterocycles. The number of aliphatic hydroxyl groups excluding tert-OH is 4. The van der Waals surface area contributed by atoms with E-state index >= 15 is 0 Å². The fourth-order valence-electron chi connectivity index (χ4n) is 2.19. The first-order valence-electron chi connectivity index (χ1n) is 4.93. The van der Waals surface area contributed by atoms with Crippen LogP contribution >= 0.6 is 0 Å². The Morgan fingerprint density at radius 2 is 1.73 bits per heavy atom. The molecule has 0 aliphatic heterocycles. The van der Waals surface area contributed by atoms with Gasteiger partial charge < -0.3 is 30.5 Å². The van der Waals surface area contributed by atoms with Crippen molar-refractivity contribution in [3.05, 3.63) is 0 Å². The fourth-order valence-corrected chi connectivity index (χ4v) is 2.19. The minimum absolute atomic E-state index is 0.304.